The molecule has 90 valence electrons. The molecule has 3 heteroatoms. The fourth-order valence-electron chi connectivity index (χ4n) is 1.82. The van der Waals surface area contributed by atoms with Crippen molar-refractivity contribution in [1.82, 2.24) is 0 Å². The zero-order chi connectivity index (χ0) is 12.1. The molecule has 0 radical (unpaired) electrons. The minimum atomic E-state index is 0.608. The highest BCUT2D eigenvalue weighted by atomic mass is 32.1. The second-order valence-electron chi connectivity index (χ2n) is 3.96. The van der Waals surface area contributed by atoms with Crippen LogP contribution in [-0.4, -0.2) is 6.54 Å². The van der Waals surface area contributed by atoms with E-state index < -0.39 is 0 Å². The van der Waals surface area contributed by atoms with Crippen molar-refractivity contribution >= 4 is 17.0 Å². The van der Waals surface area contributed by atoms with E-state index in [9.17, 15) is 0 Å². The monoisotopic (exact) mass is 246 g/mol. The molecule has 0 amide bonds. The van der Waals surface area contributed by atoms with Gasteiger partial charge >= 0.3 is 0 Å². The van der Waals surface area contributed by atoms with Crippen molar-refractivity contribution in [1.29, 1.82) is 0 Å². The molecule has 0 aliphatic carbocycles. The summed E-state index contributed by atoms with van der Waals surface area (Å²) in [5.41, 5.74) is 8.05. The molecule has 2 N–H and O–H groups in total. The fourth-order valence-corrected chi connectivity index (χ4v) is 2.54. The third kappa shape index (κ3) is 3.08. The second kappa shape index (κ2) is 5.84. The van der Waals surface area contributed by atoms with Crippen LogP contribution in [0.5, 0.6) is 0 Å². The van der Waals surface area contributed by atoms with Crippen molar-refractivity contribution in [3.63, 3.8) is 0 Å². The summed E-state index contributed by atoms with van der Waals surface area (Å²) in [5.74, 6) is 0. The number of anilines is 1. The predicted octanol–water partition coefficient (Wildman–Crippen LogP) is 3.23. The minimum Gasteiger partial charge on any atom is -0.367 e. The van der Waals surface area contributed by atoms with Crippen LogP contribution >= 0.6 is 11.3 Å². The predicted molar refractivity (Wildman–Crippen MR) is 75.4 cm³/mol. The van der Waals surface area contributed by atoms with Crippen LogP contribution in [0.1, 0.15) is 17.4 Å². The largest absolute Gasteiger partial charge is 0.367 e. The molecule has 0 fully saturated rings. The van der Waals surface area contributed by atoms with Crippen molar-refractivity contribution in [2.75, 3.05) is 11.4 Å². The first kappa shape index (κ1) is 12.1. The van der Waals surface area contributed by atoms with E-state index in [1.807, 2.05) is 11.3 Å². The Morgan fingerprint density at radius 3 is 2.47 bits per heavy atom. The Morgan fingerprint density at radius 2 is 1.94 bits per heavy atom. The molecule has 1 aromatic heterocycles. The van der Waals surface area contributed by atoms with Crippen molar-refractivity contribution in [2.45, 2.75) is 20.0 Å². The summed E-state index contributed by atoms with van der Waals surface area (Å²) >= 11 is 1.81. The van der Waals surface area contributed by atoms with E-state index in [-0.39, 0.29) is 0 Å². The van der Waals surface area contributed by atoms with Crippen LogP contribution in [0.25, 0.3) is 0 Å². The fraction of sp³-hybridized carbons (Fsp3) is 0.286. The number of benzene rings is 1. The van der Waals surface area contributed by atoms with Crippen LogP contribution in [0.4, 0.5) is 5.69 Å². The van der Waals surface area contributed by atoms with Gasteiger partial charge in [0.05, 0.1) is 6.54 Å². The number of nitrogens with zero attached hydrogens (tertiary/aromatic N) is 1. The quantitative estimate of drug-likeness (QED) is 0.877. The second-order valence-corrected chi connectivity index (χ2v) is 5.00. The Kier molecular flexibility index (Phi) is 4.18. The summed E-state index contributed by atoms with van der Waals surface area (Å²) in [6.45, 7) is 4.79. The summed E-state index contributed by atoms with van der Waals surface area (Å²) < 4.78 is 0. The SMILES string of the molecule is CCN(Cc1cccs1)c1ccc(CN)cc1. The molecule has 0 unspecified atom stereocenters. The number of hydrogen-bond donors (Lipinski definition) is 1. The molecular weight excluding hydrogens is 228 g/mol. The van der Waals surface area contributed by atoms with Crippen LogP contribution < -0.4 is 10.6 Å². The van der Waals surface area contributed by atoms with E-state index in [1.165, 1.54) is 16.1 Å². The van der Waals surface area contributed by atoms with Crippen LogP contribution in [0.2, 0.25) is 0 Å². The Bertz CT molecular complexity index is 434. The smallest absolute Gasteiger partial charge is 0.0522 e. The molecule has 2 nitrogen and oxygen atoms in total. The Labute approximate surface area is 107 Å². The van der Waals surface area contributed by atoms with Crippen molar-refractivity contribution in [2.24, 2.45) is 5.73 Å². The van der Waals surface area contributed by atoms with Gasteiger partial charge in [-0.15, -0.1) is 11.3 Å². The van der Waals surface area contributed by atoms with Gasteiger partial charge in [0.25, 0.3) is 0 Å². The number of hydrogen-bond acceptors (Lipinski definition) is 3. The zero-order valence-corrected chi connectivity index (χ0v) is 10.9. The third-order valence-corrected chi connectivity index (χ3v) is 3.71. The summed E-state index contributed by atoms with van der Waals surface area (Å²) in [6.07, 6.45) is 0. The van der Waals surface area contributed by atoms with Gasteiger partial charge in [-0.05, 0) is 36.1 Å². The minimum absolute atomic E-state index is 0.608. The highest BCUT2D eigenvalue weighted by Gasteiger charge is 2.05. The van der Waals surface area contributed by atoms with Crippen molar-refractivity contribution in [3.05, 3.63) is 52.2 Å². The first-order valence-corrected chi connectivity index (χ1v) is 6.77. The molecule has 0 aliphatic heterocycles. The van der Waals surface area contributed by atoms with Gasteiger partial charge in [-0.25, -0.2) is 0 Å². The molecule has 17 heavy (non-hydrogen) atoms. The average molecular weight is 246 g/mol. The van der Waals surface area contributed by atoms with Crippen LogP contribution in [-0.2, 0) is 13.1 Å². The van der Waals surface area contributed by atoms with Gasteiger partial charge < -0.3 is 10.6 Å². The molecule has 0 saturated heterocycles. The Morgan fingerprint density at radius 1 is 1.18 bits per heavy atom. The van der Waals surface area contributed by atoms with Gasteiger partial charge in [0, 0.05) is 23.7 Å². The van der Waals surface area contributed by atoms with Gasteiger partial charge in [-0.1, -0.05) is 18.2 Å². The number of thiophene rings is 1. The lowest BCUT2D eigenvalue weighted by Gasteiger charge is -2.22. The molecule has 2 aromatic rings. The molecule has 0 spiro atoms. The molecule has 1 aromatic carbocycles. The van der Waals surface area contributed by atoms with Crippen molar-refractivity contribution in [3.8, 4) is 0 Å². The zero-order valence-electron chi connectivity index (χ0n) is 10.1. The highest BCUT2D eigenvalue weighted by Crippen LogP contribution is 2.19. The molecule has 0 bridgehead atoms. The van der Waals surface area contributed by atoms with Crippen LogP contribution in [0.3, 0.4) is 0 Å². The van der Waals surface area contributed by atoms with Gasteiger partial charge in [0.1, 0.15) is 0 Å². The normalized spacial score (nSPS) is 10.5. The van der Waals surface area contributed by atoms with E-state index in [2.05, 4.69) is 53.6 Å². The van der Waals surface area contributed by atoms with Gasteiger partial charge in [-0.3, -0.25) is 0 Å². The van der Waals surface area contributed by atoms with Gasteiger partial charge in [0.2, 0.25) is 0 Å². The lowest BCUT2D eigenvalue weighted by molar-refractivity contribution is 0.842. The third-order valence-electron chi connectivity index (χ3n) is 2.85. The summed E-state index contributed by atoms with van der Waals surface area (Å²) in [5, 5.41) is 2.13. The van der Waals surface area contributed by atoms with Gasteiger partial charge in [0.15, 0.2) is 0 Å². The Balaban J connectivity index is 2.11. The molecule has 2 rings (SSSR count). The topological polar surface area (TPSA) is 29.3 Å². The molecule has 0 atom stereocenters. The molecule has 0 aliphatic rings. The lowest BCUT2D eigenvalue weighted by Crippen LogP contribution is -2.21. The average Bonchev–Trinajstić information content (AvgIpc) is 2.89. The van der Waals surface area contributed by atoms with Gasteiger partial charge in [-0.2, -0.15) is 0 Å². The molecular formula is C14H18N2S. The maximum Gasteiger partial charge on any atom is 0.0522 e. The highest BCUT2D eigenvalue weighted by molar-refractivity contribution is 7.09. The van der Waals surface area contributed by atoms with E-state index >= 15 is 0 Å². The maximum atomic E-state index is 5.61. The summed E-state index contributed by atoms with van der Waals surface area (Å²) in [6, 6.07) is 12.8. The van der Waals surface area contributed by atoms with Crippen LogP contribution in [0.15, 0.2) is 41.8 Å². The first-order chi connectivity index (χ1) is 8.33. The van der Waals surface area contributed by atoms with Crippen molar-refractivity contribution < 1.29 is 0 Å². The van der Waals surface area contributed by atoms with E-state index in [0.29, 0.717) is 6.54 Å². The Hall–Kier alpha value is -1.32. The van der Waals surface area contributed by atoms with E-state index in [4.69, 9.17) is 5.73 Å². The lowest BCUT2D eigenvalue weighted by atomic mass is 10.2. The summed E-state index contributed by atoms with van der Waals surface area (Å²) in [7, 11) is 0. The summed E-state index contributed by atoms with van der Waals surface area (Å²) in [4.78, 5) is 3.77. The van der Waals surface area contributed by atoms with Crippen LogP contribution in [0, 0.1) is 0 Å². The maximum absolute atomic E-state index is 5.61. The standard InChI is InChI=1S/C14H18N2S/c1-2-16(11-14-4-3-9-17-14)13-7-5-12(10-15)6-8-13/h3-9H,2,10-11,15H2,1H3. The van der Waals surface area contributed by atoms with E-state index in [0.717, 1.165) is 13.1 Å². The van der Waals surface area contributed by atoms with E-state index in [1.54, 1.807) is 0 Å². The first-order valence-electron chi connectivity index (χ1n) is 5.90. The molecule has 0 saturated carbocycles. The number of nitrogens with two attached hydrogens (primary N) is 1. The molecule has 1 heterocycles. The number of rotatable bonds is 5.